The Morgan fingerprint density at radius 3 is 2.71 bits per heavy atom. The lowest BCUT2D eigenvalue weighted by Gasteiger charge is -2.34. The fourth-order valence-corrected chi connectivity index (χ4v) is 3.59. The van der Waals surface area contributed by atoms with E-state index in [2.05, 4.69) is 18.8 Å². The summed E-state index contributed by atoms with van der Waals surface area (Å²) in [5, 5.41) is 0.743. The summed E-state index contributed by atoms with van der Waals surface area (Å²) in [6.07, 6.45) is -2.56. The summed E-state index contributed by atoms with van der Waals surface area (Å²) < 4.78 is 29.1. The zero-order valence-corrected chi connectivity index (χ0v) is 12.8. The minimum Gasteiger partial charge on any atom is -0.472 e. The predicted octanol–water partition coefficient (Wildman–Crippen LogP) is 2.69. The Morgan fingerprint density at radius 1 is 1.43 bits per heavy atom. The Morgan fingerprint density at radius 2 is 2.10 bits per heavy atom. The van der Waals surface area contributed by atoms with Gasteiger partial charge in [-0.05, 0) is 6.07 Å². The fourth-order valence-electron chi connectivity index (χ4n) is 2.27. The fraction of sp³-hybridized carbons (Fsp3) is 0.571. The van der Waals surface area contributed by atoms with Gasteiger partial charge in [0.2, 0.25) is 5.88 Å². The van der Waals surface area contributed by atoms with Crippen LogP contribution in [0.15, 0.2) is 18.2 Å². The molecule has 2 rings (SSSR count). The van der Waals surface area contributed by atoms with Crippen LogP contribution >= 0.6 is 11.8 Å². The molecule has 116 valence electrons. The van der Waals surface area contributed by atoms with E-state index in [1.54, 1.807) is 17.0 Å². The topological polar surface area (TPSA) is 42.4 Å². The number of thioether (sulfide) groups is 1. The van der Waals surface area contributed by atoms with Gasteiger partial charge in [0.1, 0.15) is 5.69 Å². The molecule has 0 aliphatic carbocycles. The molecular weight excluding hydrogens is 298 g/mol. The van der Waals surface area contributed by atoms with Crippen molar-refractivity contribution in [2.24, 2.45) is 0 Å². The molecule has 2 atom stereocenters. The molecule has 0 bridgehead atoms. The molecule has 1 aromatic heterocycles. The van der Waals surface area contributed by atoms with Gasteiger partial charge in [0.05, 0.1) is 0 Å². The van der Waals surface area contributed by atoms with Crippen LogP contribution in [0.3, 0.4) is 0 Å². The highest BCUT2D eigenvalue weighted by atomic mass is 32.2. The first-order valence-electron chi connectivity index (χ1n) is 6.78. The minimum absolute atomic E-state index is 0.0497. The van der Waals surface area contributed by atoms with Crippen LogP contribution < -0.4 is 4.74 Å². The highest BCUT2D eigenvalue weighted by Crippen LogP contribution is 2.25. The first-order valence-corrected chi connectivity index (χ1v) is 7.72. The van der Waals surface area contributed by atoms with Crippen molar-refractivity contribution in [1.82, 2.24) is 9.88 Å². The van der Waals surface area contributed by atoms with E-state index in [1.165, 1.54) is 6.07 Å². The van der Waals surface area contributed by atoms with Crippen LogP contribution in [0, 0.1) is 0 Å². The van der Waals surface area contributed by atoms with Gasteiger partial charge in [-0.2, -0.15) is 11.8 Å². The average Bonchev–Trinajstić information content (AvgIpc) is 2.43. The molecule has 1 saturated heterocycles. The van der Waals surface area contributed by atoms with Gasteiger partial charge in [-0.15, -0.1) is 0 Å². The second kappa shape index (κ2) is 7.06. The van der Waals surface area contributed by atoms with Crippen molar-refractivity contribution in [3.63, 3.8) is 0 Å². The largest absolute Gasteiger partial charge is 0.472 e. The number of rotatable bonds is 4. The number of aromatic nitrogens is 1. The number of carbonyl (C=O) groups excluding carboxylic acids is 1. The number of hydrogen-bond donors (Lipinski definition) is 0. The van der Waals surface area contributed by atoms with Gasteiger partial charge in [-0.3, -0.25) is 4.79 Å². The van der Waals surface area contributed by atoms with Gasteiger partial charge >= 0.3 is 0 Å². The molecule has 0 spiro atoms. The zero-order valence-electron chi connectivity index (χ0n) is 12.0. The lowest BCUT2D eigenvalue weighted by molar-refractivity contribution is 0.0735. The maximum absolute atomic E-state index is 12.4. The lowest BCUT2D eigenvalue weighted by atomic mass is 10.2. The summed E-state index contributed by atoms with van der Waals surface area (Å²) in [4.78, 5) is 18.2. The van der Waals surface area contributed by atoms with Crippen LogP contribution in [0.25, 0.3) is 0 Å². The monoisotopic (exact) mass is 316 g/mol. The quantitative estimate of drug-likeness (QED) is 0.856. The Labute approximate surface area is 126 Å². The van der Waals surface area contributed by atoms with Crippen LogP contribution in [0.1, 0.15) is 24.3 Å². The van der Waals surface area contributed by atoms with Gasteiger partial charge in [0.25, 0.3) is 12.3 Å². The average molecular weight is 316 g/mol. The summed E-state index contributed by atoms with van der Waals surface area (Å²) in [7, 11) is 0. The molecule has 21 heavy (non-hydrogen) atoms. The van der Waals surface area contributed by atoms with Crippen molar-refractivity contribution < 1.29 is 18.3 Å². The summed E-state index contributed by atoms with van der Waals surface area (Å²) in [5.41, 5.74) is 0.230. The second-order valence-corrected chi connectivity index (χ2v) is 6.91. The lowest BCUT2D eigenvalue weighted by Crippen LogP contribution is -2.44. The van der Waals surface area contributed by atoms with E-state index in [-0.39, 0.29) is 17.5 Å². The molecule has 1 amide bonds. The predicted molar refractivity (Wildman–Crippen MR) is 78.2 cm³/mol. The number of pyridine rings is 1. The third-order valence-corrected chi connectivity index (χ3v) is 4.23. The standard InChI is InChI=1S/C14H18F2N2O2S/c1-9-6-18(7-10(2)21-9)14(19)11-4-3-5-13(17-11)20-8-12(15)16/h3-5,9-10,12H,6-8H2,1-2H3/t9-,10-/m1/s1. The van der Waals surface area contributed by atoms with E-state index in [1.807, 2.05) is 11.8 Å². The SMILES string of the molecule is C[C@@H]1CN(C(=O)c2cccc(OCC(F)F)n2)C[C@@H](C)S1. The number of ether oxygens (including phenoxy) is 1. The summed E-state index contributed by atoms with van der Waals surface area (Å²) in [5.74, 6) is -0.134. The summed E-state index contributed by atoms with van der Waals surface area (Å²) in [6.45, 7) is 4.76. The number of alkyl halides is 2. The van der Waals surface area contributed by atoms with Crippen molar-refractivity contribution in [2.45, 2.75) is 30.8 Å². The van der Waals surface area contributed by atoms with Crippen molar-refractivity contribution in [3.8, 4) is 5.88 Å². The van der Waals surface area contributed by atoms with Gasteiger partial charge in [-0.25, -0.2) is 13.8 Å². The summed E-state index contributed by atoms with van der Waals surface area (Å²) >= 11 is 1.85. The highest BCUT2D eigenvalue weighted by molar-refractivity contribution is 8.00. The van der Waals surface area contributed by atoms with Gasteiger partial charge in [-0.1, -0.05) is 19.9 Å². The number of nitrogens with zero attached hydrogens (tertiary/aromatic N) is 2. The molecule has 0 radical (unpaired) electrons. The maximum Gasteiger partial charge on any atom is 0.272 e. The molecule has 2 heterocycles. The van der Waals surface area contributed by atoms with E-state index in [4.69, 9.17) is 4.74 Å². The van der Waals surface area contributed by atoms with E-state index in [0.29, 0.717) is 23.6 Å². The Kier molecular flexibility index (Phi) is 5.39. The molecular formula is C14H18F2N2O2S. The van der Waals surface area contributed by atoms with Crippen molar-refractivity contribution in [2.75, 3.05) is 19.7 Å². The number of halogens is 2. The van der Waals surface area contributed by atoms with Gasteiger partial charge < -0.3 is 9.64 Å². The smallest absolute Gasteiger partial charge is 0.272 e. The maximum atomic E-state index is 12.4. The van der Waals surface area contributed by atoms with E-state index in [9.17, 15) is 13.6 Å². The summed E-state index contributed by atoms with van der Waals surface area (Å²) in [6, 6.07) is 4.64. The molecule has 1 aromatic rings. The third-order valence-electron chi connectivity index (χ3n) is 3.01. The normalized spacial score (nSPS) is 22.4. The van der Waals surface area contributed by atoms with Crippen molar-refractivity contribution in [3.05, 3.63) is 23.9 Å². The van der Waals surface area contributed by atoms with Crippen molar-refractivity contribution >= 4 is 17.7 Å². The molecule has 1 aliphatic heterocycles. The Hall–Kier alpha value is -1.37. The number of amides is 1. The molecule has 1 aliphatic rings. The third kappa shape index (κ3) is 4.56. The minimum atomic E-state index is -2.56. The molecule has 4 nitrogen and oxygen atoms in total. The number of hydrogen-bond acceptors (Lipinski definition) is 4. The molecule has 7 heteroatoms. The Balaban J connectivity index is 2.06. The van der Waals surface area contributed by atoms with Crippen LogP contribution in [0.5, 0.6) is 5.88 Å². The van der Waals surface area contributed by atoms with Gasteiger partial charge in [0.15, 0.2) is 6.61 Å². The Bertz CT molecular complexity index is 492. The van der Waals surface area contributed by atoms with E-state index >= 15 is 0 Å². The first kappa shape index (κ1) is 16.0. The second-order valence-electron chi connectivity index (χ2n) is 5.03. The zero-order chi connectivity index (χ0) is 15.4. The molecule has 0 aromatic carbocycles. The molecule has 0 unspecified atom stereocenters. The van der Waals surface area contributed by atoms with E-state index in [0.717, 1.165) is 0 Å². The van der Waals surface area contributed by atoms with Crippen LogP contribution in [-0.2, 0) is 0 Å². The molecule has 1 fully saturated rings. The van der Waals surface area contributed by atoms with Crippen LogP contribution in [-0.4, -0.2) is 52.4 Å². The first-order chi connectivity index (χ1) is 9.95. The highest BCUT2D eigenvalue weighted by Gasteiger charge is 2.27. The van der Waals surface area contributed by atoms with Crippen LogP contribution in [0.2, 0.25) is 0 Å². The van der Waals surface area contributed by atoms with Gasteiger partial charge in [0, 0.05) is 29.7 Å². The van der Waals surface area contributed by atoms with E-state index < -0.39 is 13.0 Å². The number of carbonyl (C=O) groups is 1. The van der Waals surface area contributed by atoms with Crippen LogP contribution in [0.4, 0.5) is 8.78 Å². The van der Waals surface area contributed by atoms with Crippen molar-refractivity contribution in [1.29, 1.82) is 0 Å². The molecule has 0 N–H and O–H groups in total. The molecule has 0 saturated carbocycles.